The SMILES string of the molecule is Cc1ccc(C)c(OCC(=O)NCc2ccc(N3CCOCC3)nc2)c1. The third kappa shape index (κ3) is 4.95. The van der Waals surface area contributed by atoms with Crippen LogP contribution in [-0.2, 0) is 16.1 Å². The molecule has 1 aliphatic rings. The minimum Gasteiger partial charge on any atom is -0.483 e. The lowest BCUT2D eigenvalue weighted by molar-refractivity contribution is -0.123. The molecule has 0 atom stereocenters. The second kappa shape index (κ2) is 8.67. The number of aromatic nitrogens is 1. The maximum atomic E-state index is 12.0. The number of rotatable bonds is 6. The molecule has 3 rings (SSSR count). The minimum atomic E-state index is -0.150. The zero-order chi connectivity index (χ0) is 18.4. The zero-order valence-electron chi connectivity index (χ0n) is 15.3. The van der Waals surface area contributed by atoms with E-state index < -0.39 is 0 Å². The quantitative estimate of drug-likeness (QED) is 0.861. The molecule has 1 amide bonds. The number of amides is 1. The Morgan fingerprint density at radius 2 is 2.04 bits per heavy atom. The Bertz CT molecular complexity index is 740. The van der Waals surface area contributed by atoms with Gasteiger partial charge >= 0.3 is 0 Å². The molecule has 2 aromatic rings. The third-order valence-electron chi connectivity index (χ3n) is 4.34. The molecule has 2 heterocycles. The highest BCUT2D eigenvalue weighted by Crippen LogP contribution is 2.19. The smallest absolute Gasteiger partial charge is 0.258 e. The summed E-state index contributed by atoms with van der Waals surface area (Å²) in [6.07, 6.45) is 1.80. The Labute approximate surface area is 154 Å². The maximum absolute atomic E-state index is 12.0. The highest BCUT2D eigenvalue weighted by molar-refractivity contribution is 5.77. The number of hydrogen-bond acceptors (Lipinski definition) is 5. The summed E-state index contributed by atoms with van der Waals surface area (Å²) in [6, 6.07) is 9.93. The number of carbonyl (C=O) groups is 1. The number of anilines is 1. The van der Waals surface area contributed by atoms with Crippen LogP contribution in [0.5, 0.6) is 5.75 Å². The molecule has 0 aliphatic carbocycles. The number of carbonyl (C=O) groups excluding carboxylic acids is 1. The number of nitrogens with one attached hydrogen (secondary N) is 1. The van der Waals surface area contributed by atoms with E-state index in [1.165, 1.54) is 0 Å². The van der Waals surface area contributed by atoms with Crippen molar-refractivity contribution >= 4 is 11.7 Å². The number of hydrogen-bond donors (Lipinski definition) is 1. The first-order valence-corrected chi connectivity index (χ1v) is 8.86. The van der Waals surface area contributed by atoms with E-state index >= 15 is 0 Å². The van der Waals surface area contributed by atoms with Crippen LogP contribution < -0.4 is 15.0 Å². The summed E-state index contributed by atoms with van der Waals surface area (Å²) in [4.78, 5) is 18.7. The fourth-order valence-corrected chi connectivity index (χ4v) is 2.76. The van der Waals surface area contributed by atoms with Crippen molar-refractivity contribution in [3.8, 4) is 5.75 Å². The second-order valence-electron chi connectivity index (χ2n) is 6.46. The zero-order valence-corrected chi connectivity index (χ0v) is 15.3. The van der Waals surface area contributed by atoms with Crippen LogP contribution in [0.15, 0.2) is 36.5 Å². The first-order chi connectivity index (χ1) is 12.6. The van der Waals surface area contributed by atoms with Gasteiger partial charge in [-0.05, 0) is 42.7 Å². The molecule has 26 heavy (non-hydrogen) atoms. The van der Waals surface area contributed by atoms with E-state index in [1.807, 2.05) is 44.2 Å². The number of pyridine rings is 1. The summed E-state index contributed by atoms with van der Waals surface area (Å²) in [5, 5.41) is 2.86. The van der Waals surface area contributed by atoms with Gasteiger partial charge < -0.3 is 19.7 Å². The van der Waals surface area contributed by atoms with Crippen molar-refractivity contribution in [1.29, 1.82) is 0 Å². The lowest BCUT2D eigenvalue weighted by atomic mass is 10.1. The van der Waals surface area contributed by atoms with Crippen molar-refractivity contribution in [2.45, 2.75) is 20.4 Å². The Kier molecular flexibility index (Phi) is 6.07. The highest BCUT2D eigenvalue weighted by Gasteiger charge is 2.12. The Morgan fingerprint density at radius 1 is 1.23 bits per heavy atom. The van der Waals surface area contributed by atoms with E-state index in [0.717, 1.165) is 54.6 Å². The molecule has 1 aromatic carbocycles. The van der Waals surface area contributed by atoms with Crippen molar-refractivity contribution in [1.82, 2.24) is 10.3 Å². The summed E-state index contributed by atoms with van der Waals surface area (Å²) in [7, 11) is 0. The van der Waals surface area contributed by atoms with Gasteiger partial charge in [-0.1, -0.05) is 18.2 Å². The van der Waals surface area contributed by atoms with E-state index in [9.17, 15) is 4.79 Å². The van der Waals surface area contributed by atoms with E-state index in [-0.39, 0.29) is 12.5 Å². The molecule has 0 bridgehead atoms. The highest BCUT2D eigenvalue weighted by atomic mass is 16.5. The second-order valence-corrected chi connectivity index (χ2v) is 6.46. The van der Waals surface area contributed by atoms with Gasteiger partial charge in [-0.3, -0.25) is 4.79 Å². The van der Waals surface area contributed by atoms with Crippen molar-refractivity contribution in [2.24, 2.45) is 0 Å². The van der Waals surface area contributed by atoms with Gasteiger partial charge in [0, 0.05) is 25.8 Å². The van der Waals surface area contributed by atoms with Gasteiger partial charge in [-0.15, -0.1) is 0 Å². The monoisotopic (exact) mass is 355 g/mol. The van der Waals surface area contributed by atoms with Crippen LogP contribution in [0, 0.1) is 13.8 Å². The molecule has 1 aliphatic heterocycles. The third-order valence-corrected chi connectivity index (χ3v) is 4.34. The van der Waals surface area contributed by atoms with Crippen LogP contribution in [0.1, 0.15) is 16.7 Å². The van der Waals surface area contributed by atoms with E-state index in [2.05, 4.69) is 15.2 Å². The fraction of sp³-hybridized carbons (Fsp3) is 0.400. The van der Waals surface area contributed by atoms with Gasteiger partial charge in [0.1, 0.15) is 11.6 Å². The van der Waals surface area contributed by atoms with Crippen molar-refractivity contribution in [3.63, 3.8) is 0 Å². The number of aryl methyl sites for hydroxylation is 2. The fourth-order valence-electron chi connectivity index (χ4n) is 2.76. The topological polar surface area (TPSA) is 63.7 Å². The normalized spacial score (nSPS) is 14.2. The van der Waals surface area contributed by atoms with Gasteiger partial charge in [0.25, 0.3) is 5.91 Å². The summed E-state index contributed by atoms with van der Waals surface area (Å²) < 4.78 is 11.0. The predicted octanol–water partition coefficient (Wildman–Crippen LogP) is 2.23. The predicted molar refractivity (Wildman–Crippen MR) is 101 cm³/mol. The summed E-state index contributed by atoms with van der Waals surface area (Å²) in [5.41, 5.74) is 3.09. The van der Waals surface area contributed by atoms with Crippen LogP contribution >= 0.6 is 0 Å². The number of benzene rings is 1. The number of nitrogens with zero attached hydrogens (tertiary/aromatic N) is 2. The summed E-state index contributed by atoms with van der Waals surface area (Å²) in [5.74, 6) is 1.54. The van der Waals surface area contributed by atoms with E-state index in [0.29, 0.717) is 6.54 Å². The minimum absolute atomic E-state index is 0.00355. The molecule has 6 heteroatoms. The van der Waals surface area contributed by atoms with Crippen LogP contribution in [-0.4, -0.2) is 43.8 Å². The summed E-state index contributed by atoms with van der Waals surface area (Å²) in [6.45, 7) is 7.60. The van der Waals surface area contributed by atoms with Gasteiger partial charge in [-0.2, -0.15) is 0 Å². The summed E-state index contributed by atoms with van der Waals surface area (Å²) >= 11 is 0. The van der Waals surface area contributed by atoms with Crippen molar-refractivity contribution in [3.05, 3.63) is 53.2 Å². The maximum Gasteiger partial charge on any atom is 0.258 e. The van der Waals surface area contributed by atoms with E-state index in [1.54, 1.807) is 6.20 Å². The largest absolute Gasteiger partial charge is 0.483 e. The average Bonchev–Trinajstić information content (AvgIpc) is 2.68. The van der Waals surface area contributed by atoms with Crippen molar-refractivity contribution < 1.29 is 14.3 Å². The molecule has 1 aromatic heterocycles. The first kappa shape index (κ1) is 18.2. The van der Waals surface area contributed by atoms with E-state index in [4.69, 9.17) is 9.47 Å². The standard InChI is InChI=1S/C20H25N3O3/c1-15-3-4-16(2)18(11-15)26-14-20(24)22-13-17-5-6-19(21-12-17)23-7-9-25-10-8-23/h3-6,11-12H,7-10,13-14H2,1-2H3,(H,22,24). The molecular formula is C20H25N3O3. The molecule has 1 N–H and O–H groups in total. The van der Waals surface area contributed by atoms with Crippen LogP contribution in [0.25, 0.3) is 0 Å². The molecule has 138 valence electrons. The molecule has 0 spiro atoms. The van der Waals surface area contributed by atoms with Crippen LogP contribution in [0.2, 0.25) is 0 Å². The molecular weight excluding hydrogens is 330 g/mol. The first-order valence-electron chi connectivity index (χ1n) is 8.86. The van der Waals surface area contributed by atoms with Crippen LogP contribution in [0.4, 0.5) is 5.82 Å². The van der Waals surface area contributed by atoms with Crippen LogP contribution in [0.3, 0.4) is 0 Å². The Balaban J connectivity index is 1.46. The Hall–Kier alpha value is -2.60. The molecule has 0 saturated carbocycles. The van der Waals surface area contributed by atoms with Gasteiger partial charge in [-0.25, -0.2) is 4.98 Å². The average molecular weight is 355 g/mol. The molecule has 1 fully saturated rings. The van der Waals surface area contributed by atoms with Crippen molar-refractivity contribution in [2.75, 3.05) is 37.8 Å². The molecule has 0 radical (unpaired) electrons. The lowest BCUT2D eigenvalue weighted by Gasteiger charge is -2.27. The molecule has 6 nitrogen and oxygen atoms in total. The van der Waals surface area contributed by atoms with Gasteiger partial charge in [0.15, 0.2) is 6.61 Å². The number of ether oxygens (including phenoxy) is 2. The Morgan fingerprint density at radius 3 is 2.77 bits per heavy atom. The van der Waals surface area contributed by atoms with Gasteiger partial charge in [0.05, 0.1) is 13.2 Å². The van der Waals surface area contributed by atoms with Gasteiger partial charge in [0.2, 0.25) is 0 Å². The molecule has 1 saturated heterocycles. The number of morpholine rings is 1. The lowest BCUT2D eigenvalue weighted by Crippen LogP contribution is -2.36. The molecule has 0 unspecified atom stereocenters.